The first-order chi connectivity index (χ1) is 37.2. The topological polar surface area (TPSA) is 274 Å². The maximum atomic E-state index is 15.5. The maximum Gasteiger partial charge on any atom is 0.313 e. The number of carbonyl (C=O) groups excluding carboxylic acids is 3. The van der Waals surface area contributed by atoms with Crippen molar-refractivity contribution in [1.82, 2.24) is 10.3 Å². The highest BCUT2D eigenvalue weighted by Gasteiger charge is 2.74. The summed E-state index contributed by atoms with van der Waals surface area (Å²) in [5, 5.41) is 77.1. The van der Waals surface area contributed by atoms with Crippen LogP contribution in [0.4, 0.5) is 0 Å². The molecule has 15 heteroatoms. The summed E-state index contributed by atoms with van der Waals surface area (Å²) in [6, 6.07) is 8.64. The predicted octanol–water partition coefficient (Wildman–Crippen LogP) is 5.97. The number of nitrogens with zero attached hydrogens (tertiary/aromatic N) is 1. The quantitative estimate of drug-likeness (QED) is 0.0409. The zero-order chi connectivity index (χ0) is 55.2. The number of aliphatic hydroxyl groups is 5. The van der Waals surface area contributed by atoms with E-state index in [-0.39, 0.29) is 135 Å². The molecular weight excluding hydrogens is 987 g/mol. The second-order valence-corrected chi connectivity index (χ2v) is 26.7. The monoisotopic (exact) mass is 1070 g/mol. The zero-order valence-corrected chi connectivity index (χ0v) is 46.1. The van der Waals surface area contributed by atoms with E-state index >= 15 is 4.79 Å². The standard InChI is InChI=1S/C63H85N5O10/c1-33-8-12-36-26-37-13-17-43-42(45-32-78-58(75)52(45)39-19-22-66-30-39)7-5-6-38-28-63(77)54-46(18-20-62(63,21-23-67-59(64)65)57(38)61(4,76)50(73)25-34(2)51(37)53(43)44(36)24-33)60(3)29-49(72)48(71)27-47(60)56(74)55(54)68-31-41(70)16-11-35-9-14-40(69)15-10-35/h9-10,14-15,19,22,26,30,33-34,37-38,42-53,57,66,68-69,71-73,76-77H,6,8,11-13,16-18,20-21,23-25,27-29,31-32H2,1-4H3,(H4,64,65,67)/t33-,34-,37-,38+,42+,43-,44-,45+,46+,47+,48-,49+,50-,51-,52-,53+,57-,60-,61+,62+,63-/m1/s1. The first-order valence-corrected chi connectivity index (χ1v) is 29.5. The number of aromatic hydroxyl groups is 1. The molecule has 1 aliphatic heterocycles. The zero-order valence-electron chi connectivity index (χ0n) is 46.1. The molecule has 0 spiro atoms. The highest BCUT2D eigenvalue weighted by molar-refractivity contribution is 6.00. The number of ether oxygens (including phenoxy) is 1. The molecule has 1 aromatic heterocycles. The van der Waals surface area contributed by atoms with Crippen molar-refractivity contribution in [2.45, 2.75) is 159 Å². The molecule has 422 valence electrons. The Morgan fingerprint density at radius 2 is 1.72 bits per heavy atom. The molecule has 1 saturated heterocycles. The molecule has 2 heterocycles. The minimum Gasteiger partial charge on any atom is -0.508 e. The number of rotatable bonds is 11. The number of hydrogen-bond acceptors (Lipinski definition) is 12. The average Bonchev–Trinajstić information content (AvgIpc) is 4.30. The van der Waals surface area contributed by atoms with E-state index in [1.54, 1.807) is 36.8 Å². The van der Waals surface area contributed by atoms with Crippen LogP contribution in [0.25, 0.3) is 0 Å². The van der Waals surface area contributed by atoms with Crippen LogP contribution in [0.15, 0.2) is 70.6 Å². The molecule has 11 rings (SSSR count). The Kier molecular flexibility index (Phi) is 14.7. The first-order valence-electron chi connectivity index (χ1n) is 29.5. The van der Waals surface area contributed by atoms with Crippen LogP contribution < -0.4 is 16.8 Å². The van der Waals surface area contributed by atoms with Crippen LogP contribution in [0.1, 0.15) is 135 Å². The second-order valence-electron chi connectivity index (χ2n) is 26.7. The number of phenols is 1. The van der Waals surface area contributed by atoms with E-state index in [9.17, 15) is 40.2 Å². The molecular formula is C63H85N5O10. The summed E-state index contributed by atoms with van der Waals surface area (Å²) in [6.07, 6.45) is 10.3. The van der Waals surface area contributed by atoms with Gasteiger partial charge in [-0.15, -0.1) is 5.92 Å². The number of guanidine groups is 1. The van der Waals surface area contributed by atoms with Crippen LogP contribution in [0.2, 0.25) is 0 Å². The highest BCUT2D eigenvalue weighted by Crippen LogP contribution is 2.73. The number of benzene rings is 1. The van der Waals surface area contributed by atoms with Gasteiger partial charge in [0, 0.05) is 60.9 Å². The van der Waals surface area contributed by atoms with Crippen LogP contribution in [0.5, 0.6) is 5.75 Å². The van der Waals surface area contributed by atoms with Gasteiger partial charge < -0.3 is 57.1 Å². The van der Waals surface area contributed by atoms with Crippen LogP contribution in [-0.2, 0) is 25.5 Å². The molecule has 0 amide bonds. The number of aromatic nitrogens is 1. The summed E-state index contributed by atoms with van der Waals surface area (Å²) < 4.78 is 6.03. The summed E-state index contributed by atoms with van der Waals surface area (Å²) in [5.74, 6) is 5.08. The number of fused-ring (bicyclic) bond motifs is 8. The van der Waals surface area contributed by atoms with Gasteiger partial charge in [0.2, 0.25) is 0 Å². The SMILES string of the molecule is C[C@@H]1CCC2=C[C@H]3CC[C@@H]4[C@@H]([C@@H]5COC(=O)[C@@H]5c5cc[nH]c5)C#CC[C@H]5C[C@@]6(O)C7=C(NCC(=O)CCc8ccc(O)cc8)C(=O)[C@@H]8C[C@@H](O)[C@@H](O)C[C@]8(C)[C@H]7CC[C@]6(CCN=C(N)N)[C@H]5[C@@](C)(O)[C@H](O)C[C@@H](C)[C@H]3[C@@H]4[C@@H]2C1. The molecule has 21 atom stereocenters. The van der Waals surface area contributed by atoms with Gasteiger partial charge in [-0.25, -0.2) is 0 Å². The number of nitrogens with one attached hydrogen (secondary N) is 2. The van der Waals surface area contributed by atoms with Gasteiger partial charge in [0.15, 0.2) is 17.5 Å². The number of H-pyrrole nitrogens is 1. The number of esters is 1. The van der Waals surface area contributed by atoms with Gasteiger partial charge in [0.1, 0.15) is 5.75 Å². The van der Waals surface area contributed by atoms with Crippen molar-refractivity contribution >= 4 is 23.5 Å². The number of cyclic esters (lactones) is 1. The highest BCUT2D eigenvalue weighted by atomic mass is 16.5. The summed E-state index contributed by atoms with van der Waals surface area (Å²) in [4.78, 5) is 51.0. The number of aliphatic imine (C=N–C) groups is 1. The third-order valence-corrected chi connectivity index (χ3v) is 22.5. The van der Waals surface area contributed by atoms with Crippen LogP contribution in [0.3, 0.4) is 0 Å². The van der Waals surface area contributed by atoms with E-state index in [0.29, 0.717) is 43.1 Å². The fraction of sp³-hybridized carbons (Fsp3) is 0.683. The third kappa shape index (κ3) is 9.16. The molecule has 8 aliphatic carbocycles. The first kappa shape index (κ1) is 55.0. The molecule has 78 heavy (non-hydrogen) atoms. The van der Waals surface area contributed by atoms with Crippen molar-refractivity contribution in [2.75, 3.05) is 19.7 Å². The fourth-order valence-electron chi connectivity index (χ4n) is 19.1. The number of aliphatic hydroxyl groups excluding tert-OH is 3. The van der Waals surface area contributed by atoms with Crippen molar-refractivity contribution in [3.63, 3.8) is 0 Å². The summed E-state index contributed by atoms with van der Waals surface area (Å²) >= 11 is 0. The van der Waals surface area contributed by atoms with E-state index in [1.807, 2.05) is 25.4 Å². The van der Waals surface area contributed by atoms with Crippen molar-refractivity contribution < 1.29 is 49.8 Å². The lowest BCUT2D eigenvalue weighted by Gasteiger charge is -2.62. The molecule has 0 radical (unpaired) electrons. The van der Waals surface area contributed by atoms with Crippen molar-refractivity contribution in [2.24, 2.45) is 104 Å². The van der Waals surface area contributed by atoms with Gasteiger partial charge in [-0.3, -0.25) is 19.4 Å². The molecule has 12 N–H and O–H groups in total. The lowest BCUT2D eigenvalue weighted by molar-refractivity contribution is -0.190. The minimum absolute atomic E-state index is 0.0125. The summed E-state index contributed by atoms with van der Waals surface area (Å²) in [5.41, 5.74) is 10.1. The molecule has 6 fully saturated rings. The molecule has 2 aromatic rings. The Morgan fingerprint density at radius 3 is 2.46 bits per heavy atom. The number of allylic oxidation sites excluding steroid dienone is 3. The van der Waals surface area contributed by atoms with E-state index < -0.39 is 69.9 Å². The third-order valence-electron chi connectivity index (χ3n) is 22.5. The van der Waals surface area contributed by atoms with Gasteiger partial charge in [-0.1, -0.05) is 50.5 Å². The van der Waals surface area contributed by atoms with E-state index in [4.69, 9.17) is 16.2 Å². The van der Waals surface area contributed by atoms with Crippen LogP contribution >= 0.6 is 0 Å². The summed E-state index contributed by atoms with van der Waals surface area (Å²) in [6.45, 7) is 8.44. The number of nitrogens with two attached hydrogens (primary N) is 2. The van der Waals surface area contributed by atoms with Gasteiger partial charge in [-0.2, -0.15) is 0 Å². The van der Waals surface area contributed by atoms with Gasteiger partial charge in [-0.05, 0) is 184 Å². The molecule has 1 aromatic carbocycles. The summed E-state index contributed by atoms with van der Waals surface area (Å²) in [7, 11) is 0. The number of aryl methyl sites for hydroxylation is 1. The second kappa shape index (κ2) is 20.8. The fourth-order valence-corrected chi connectivity index (χ4v) is 19.1. The number of phenolic OH excluding ortho intramolecular Hbond substituents is 1. The van der Waals surface area contributed by atoms with Gasteiger partial charge >= 0.3 is 5.97 Å². The lowest BCUT2D eigenvalue weighted by atomic mass is 9.44. The largest absolute Gasteiger partial charge is 0.508 e. The normalized spacial score (nSPS) is 43.8. The van der Waals surface area contributed by atoms with Crippen LogP contribution in [-0.4, -0.2) is 108 Å². The van der Waals surface area contributed by atoms with E-state index in [0.717, 1.165) is 43.2 Å². The number of aromatic amines is 1. The average molecular weight is 1070 g/mol. The molecule has 4 bridgehead atoms. The Morgan fingerprint density at radius 1 is 0.936 bits per heavy atom. The van der Waals surface area contributed by atoms with Gasteiger partial charge in [0.25, 0.3) is 0 Å². The van der Waals surface area contributed by atoms with Crippen molar-refractivity contribution in [1.29, 1.82) is 0 Å². The Bertz CT molecular complexity index is 2780. The lowest BCUT2D eigenvalue weighted by Crippen LogP contribution is -2.65. The maximum absolute atomic E-state index is 15.5. The van der Waals surface area contributed by atoms with E-state index in [1.165, 1.54) is 0 Å². The van der Waals surface area contributed by atoms with Crippen molar-refractivity contribution in [3.05, 3.63) is 76.8 Å². The molecule has 0 unspecified atom stereocenters. The molecule has 9 aliphatic rings. The number of carbonyl (C=O) groups is 3. The van der Waals surface area contributed by atoms with Crippen molar-refractivity contribution in [3.8, 4) is 17.6 Å². The molecule has 15 nitrogen and oxygen atoms in total. The van der Waals surface area contributed by atoms with Crippen LogP contribution in [0, 0.1) is 99.6 Å². The van der Waals surface area contributed by atoms with E-state index in [2.05, 4.69) is 47.1 Å². The Labute approximate surface area is 459 Å². The smallest absolute Gasteiger partial charge is 0.313 e. The Hall–Kier alpha value is -4.98. The Balaban J connectivity index is 1.05. The minimum atomic E-state index is -1.85. The predicted molar refractivity (Wildman–Crippen MR) is 293 cm³/mol. The number of ketones is 2. The van der Waals surface area contributed by atoms with Gasteiger partial charge in [0.05, 0.1) is 54.3 Å². The molecule has 5 saturated carbocycles. The number of hydrogen-bond donors (Lipinski definition) is 10. The number of Topliss-reactive ketones (excluding diaryl/α,β-unsaturated/α-hetero) is 2.